The summed E-state index contributed by atoms with van der Waals surface area (Å²) in [5, 5.41) is 13.8. The van der Waals surface area contributed by atoms with Crippen LogP contribution in [-0.2, 0) is 6.42 Å². The maximum atomic E-state index is 12.6. The molecule has 4 heterocycles. The van der Waals surface area contributed by atoms with Crippen LogP contribution in [0.3, 0.4) is 0 Å². The van der Waals surface area contributed by atoms with Crippen LogP contribution in [0.1, 0.15) is 28.2 Å². The summed E-state index contributed by atoms with van der Waals surface area (Å²) in [6.07, 6.45) is 2.44. The number of amides is 1. The number of benzene rings is 1. The number of para-hydroxylation sites is 1. The zero-order valence-electron chi connectivity index (χ0n) is 17.0. The van der Waals surface area contributed by atoms with Gasteiger partial charge in [-0.3, -0.25) is 14.7 Å². The lowest BCUT2D eigenvalue weighted by molar-refractivity contribution is 0.0632. The van der Waals surface area contributed by atoms with E-state index in [2.05, 4.69) is 23.1 Å². The van der Waals surface area contributed by atoms with Crippen molar-refractivity contribution in [2.24, 2.45) is 5.92 Å². The second-order valence-corrected chi connectivity index (χ2v) is 9.43. The van der Waals surface area contributed by atoms with E-state index in [-0.39, 0.29) is 17.9 Å². The van der Waals surface area contributed by atoms with E-state index in [0.29, 0.717) is 6.04 Å². The number of hydrogen-bond acceptors (Lipinski definition) is 5. The Morgan fingerprint density at radius 2 is 1.90 bits per heavy atom. The van der Waals surface area contributed by atoms with Crippen LogP contribution in [0.4, 0.5) is 0 Å². The molecule has 0 bridgehead atoms. The predicted molar refractivity (Wildman–Crippen MR) is 120 cm³/mol. The number of carbonyl (C=O) groups excluding carboxylic acids is 1. The number of nitrogens with zero attached hydrogens (tertiary/aromatic N) is 3. The lowest BCUT2D eigenvalue weighted by atomic mass is 9.99. The number of hydrogen-bond donors (Lipinski definition) is 1. The van der Waals surface area contributed by atoms with E-state index < -0.39 is 0 Å². The normalized spacial score (nSPS) is 23.3. The summed E-state index contributed by atoms with van der Waals surface area (Å²) in [7, 11) is 0. The second-order valence-electron chi connectivity index (χ2n) is 8.48. The van der Waals surface area contributed by atoms with Gasteiger partial charge in [0.1, 0.15) is 0 Å². The molecule has 0 radical (unpaired) electrons. The molecule has 5 nitrogen and oxygen atoms in total. The average Bonchev–Trinajstić information content (AvgIpc) is 3.44. The Morgan fingerprint density at radius 1 is 1.07 bits per heavy atom. The van der Waals surface area contributed by atoms with E-state index in [1.807, 2.05) is 40.6 Å². The minimum Gasteiger partial charge on any atom is -0.391 e. The third kappa shape index (κ3) is 4.00. The van der Waals surface area contributed by atoms with Gasteiger partial charge in [-0.05, 0) is 42.8 Å². The zero-order chi connectivity index (χ0) is 20.5. The molecule has 30 heavy (non-hydrogen) atoms. The van der Waals surface area contributed by atoms with Crippen molar-refractivity contribution >= 4 is 28.1 Å². The number of carbonyl (C=O) groups is 1. The maximum Gasteiger partial charge on any atom is 0.263 e. The topological polar surface area (TPSA) is 56.7 Å². The average molecular weight is 422 g/mol. The molecule has 0 saturated carbocycles. The van der Waals surface area contributed by atoms with Gasteiger partial charge in [0, 0.05) is 49.2 Å². The van der Waals surface area contributed by atoms with Gasteiger partial charge >= 0.3 is 0 Å². The van der Waals surface area contributed by atoms with Gasteiger partial charge < -0.3 is 10.0 Å². The molecular formula is C24H27N3O2S. The van der Waals surface area contributed by atoms with E-state index in [4.69, 9.17) is 4.98 Å². The summed E-state index contributed by atoms with van der Waals surface area (Å²) in [6, 6.07) is 16.7. The molecule has 1 aromatic carbocycles. The summed E-state index contributed by atoms with van der Waals surface area (Å²) in [5.41, 5.74) is 2.07. The third-order valence-corrected chi connectivity index (χ3v) is 7.42. The molecular weight excluding hydrogens is 394 g/mol. The summed E-state index contributed by atoms with van der Waals surface area (Å²) in [4.78, 5) is 22.6. The van der Waals surface area contributed by atoms with E-state index in [1.165, 1.54) is 11.3 Å². The fraction of sp³-hybridized carbons (Fsp3) is 0.417. The van der Waals surface area contributed by atoms with Crippen molar-refractivity contribution in [3.05, 3.63) is 64.5 Å². The molecule has 6 heteroatoms. The second kappa shape index (κ2) is 8.46. The number of β-amino-alcohol motifs (C(OH)–C–C–N with tert-alkyl or cyclic N) is 1. The first-order valence-corrected chi connectivity index (χ1v) is 11.6. The summed E-state index contributed by atoms with van der Waals surface area (Å²) >= 11 is 1.51. The third-order valence-electron chi connectivity index (χ3n) is 6.56. The lowest BCUT2D eigenvalue weighted by Gasteiger charge is -2.36. The van der Waals surface area contributed by atoms with Crippen molar-refractivity contribution in [1.82, 2.24) is 14.8 Å². The van der Waals surface area contributed by atoms with Crippen LogP contribution in [0.15, 0.2) is 53.9 Å². The molecule has 3 aromatic rings. The van der Waals surface area contributed by atoms with Crippen LogP contribution >= 0.6 is 11.3 Å². The van der Waals surface area contributed by atoms with Gasteiger partial charge in [-0.2, -0.15) is 0 Å². The molecule has 2 aromatic heterocycles. The SMILES string of the molecule is O=C(c1cccs1)N1CCC(N2C[C@@H](Cc3ccc4ccccc4n3)[C@H](O)C2)CC1. The molecule has 156 valence electrons. The van der Waals surface area contributed by atoms with E-state index in [9.17, 15) is 9.90 Å². The first kappa shape index (κ1) is 19.7. The molecule has 0 aliphatic carbocycles. The van der Waals surface area contributed by atoms with Gasteiger partial charge in [0.05, 0.1) is 16.5 Å². The minimum atomic E-state index is -0.316. The Labute approximate surface area is 181 Å². The molecule has 2 atom stereocenters. The molecule has 1 amide bonds. The summed E-state index contributed by atoms with van der Waals surface area (Å²) in [6.45, 7) is 3.22. The van der Waals surface area contributed by atoms with E-state index >= 15 is 0 Å². The number of aliphatic hydroxyl groups is 1. The predicted octanol–water partition coefficient (Wildman–Crippen LogP) is 3.44. The zero-order valence-corrected chi connectivity index (χ0v) is 17.8. The highest BCUT2D eigenvalue weighted by Gasteiger charge is 2.37. The molecule has 2 aliphatic rings. The first-order chi connectivity index (χ1) is 14.7. The number of piperidine rings is 1. The van der Waals surface area contributed by atoms with Gasteiger partial charge in [0.2, 0.25) is 0 Å². The number of aromatic nitrogens is 1. The Hall–Kier alpha value is -2.28. The first-order valence-electron chi connectivity index (χ1n) is 10.8. The van der Waals surface area contributed by atoms with Crippen molar-refractivity contribution in [2.45, 2.75) is 31.4 Å². The van der Waals surface area contributed by atoms with Crippen LogP contribution in [0.5, 0.6) is 0 Å². The van der Waals surface area contributed by atoms with Crippen molar-refractivity contribution in [2.75, 3.05) is 26.2 Å². The monoisotopic (exact) mass is 421 g/mol. The Kier molecular flexibility index (Phi) is 5.54. The van der Waals surface area contributed by atoms with Gasteiger partial charge in [-0.1, -0.05) is 30.3 Å². The van der Waals surface area contributed by atoms with Crippen LogP contribution < -0.4 is 0 Å². The molecule has 5 rings (SSSR count). The minimum absolute atomic E-state index is 0.158. The van der Waals surface area contributed by atoms with E-state index in [1.54, 1.807) is 0 Å². The molecule has 0 unspecified atom stereocenters. The largest absolute Gasteiger partial charge is 0.391 e. The number of aliphatic hydroxyl groups excluding tert-OH is 1. The molecule has 1 N–H and O–H groups in total. The summed E-state index contributed by atoms with van der Waals surface area (Å²) in [5.74, 6) is 0.370. The van der Waals surface area contributed by atoms with Crippen LogP contribution in [0.25, 0.3) is 10.9 Å². The van der Waals surface area contributed by atoms with Gasteiger partial charge in [0.15, 0.2) is 0 Å². The highest BCUT2D eigenvalue weighted by molar-refractivity contribution is 7.12. The van der Waals surface area contributed by atoms with Crippen LogP contribution in [-0.4, -0.2) is 64.1 Å². The lowest BCUT2D eigenvalue weighted by Crippen LogP contribution is -2.46. The number of fused-ring (bicyclic) bond motifs is 1. The van der Waals surface area contributed by atoms with Crippen molar-refractivity contribution < 1.29 is 9.90 Å². The number of rotatable bonds is 4. The Balaban J connectivity index is 1.18. The number of thiophene rings is 1. The fourth-order valence-corrected chi connectivity index (χ4v) is 5.56. The van der Waals surface area contributed by atoms with Gasteiger partial charge in [-0.25, -0.2) is 0 Å². The smallest absolute Gasteiger partial charge is 0.263 e. The van der Waals surface area contributed by atoms with Crippen LogP contribution in [0.2, 0.25) is 0 Å². The van der Waals surface area contributed by atoms with E-state index in [0.717, 1.165) is 66.9 Å². The molecule has 2 saturated heterocycles. The maximum absolute atomic E-state index is 12.6. The van der Waals surface area contributed by atoms with Gasteiger partial charge in [0.25, 0.3) is 5.91 Å². The highest BCUT2D eigenvalue weighted by atomic mass is 32.1. The van der Waals surface area contributed by atoms with Crippen molar-refractivity contribution in [1.29, 1.82) is 0 Å². The number of pyridine rings is 1. The quantitative estimate of drug-likeness (QED) is 0.701. The van der Waals surface area contributed by atoms with Crippen molar-refractivity contribution in [3.63, 3.8) is 0 Å². The number of likely N-dealkylation sites (tertiary alicyclic amines) is 2. The Bertz CT molecular complexity index is 1010. The molecule has 0 spiro atoms. The van der Waals surface area contributed by atoms with Gasteiger partial charge in [-0.15, -0.1) is 11.3 Å². The highest BCUT2D eigenvalue weighted by Crippen LogP contribution is 2.28. The van der Waals surface area contributed by atoms with Crippen molar-refractivity contribution in [3.8, 4) is 0 Å². The summed E-state index contributed by atoms with van der Waals surface area (Å²) < 4.78 is 0. The fourth-order valence-electron chi connectivity index (χ4n) is 4.87. The Morgan fingerprint density at radius 3 is 2.70 bits per heavy atom. The molecule has 2 fully saturated rings. The molecule has 2 aliphatic heterocycles. The van der Waals surface area contributed by atoms with Crippen LogP contribution in [0, 0.1) is 5.92 Å². The standard InChI is InChI=1S/C24H27N3O2S/c28-22-16-27(20-9-11-26(12-10-20)24(29)23-6-3-13-30-23)15-18(22)14-19-8-7-17-4-1-2-5-21(17)25-19/h1-8,13,18,20,22,28H,9-12,14-16H2/t18-,22-/m1/s1.